The van der Waals surface area contributed by atoms with Crippen molar-refractivity contribution in [2.75, 3.05) is 14.2 Å². The highest BCUT2D eigenvalue weighted by atomic mass is 28.5. The smallest absolute Gasteiger partial charge is 0.398 e. The van der Waals surface area contributed by atoms with Crippen molar-refractivity contribution < 1.29 is 17.1 Å². The van der Waals surface area contributed by atoms with Crippen LogP contribution >= 0.6 is 0 Å². The minimum atomic E-state index is -2.75. The predicted octanol–water partition coefficient (Wildman–Crippen LogP) is 0.715. The lowest BCUT2D eigenvalue weighted by atomic mass is 11.8. The van der Waals surface area contributed by atoms with Crippen molar-refractivity contribution >= 4 is 27.1 Å². The van der Waals surface area contributed by atoms with Crippen LogP contribution in [-0.2, 0) is 17.1 Å². The molecule has 0 unspecified atom stereocenters. The highest BCUT2D eigenvalue weighted by molar-refractivity contribution is 6.71. The molecule has 0 aliphatic heterocycles. The minimum absolute atomic E-state index is 1.18. The SMILES string of the molecule is CO[Si](OC)(O[SiH](C)C)O[SiH](C)C. The third-order valence-corrected chi connectivity index (χ3v) is 8.34. The van der Waals surface area contributed by atoms with Crippen molar-refractivity contribution in [1.82, 2.24) is 0 Å². The molecule has 4 nitrogen and oxygen atoms in total. The van der Waals surface area contributed by atoms with E-state index in [1.807, 2.05) is 0 Å². The fourth-order valence-corrected chi connectivity index (χ4v) is 7.93. The summed E-state index contributed by atoms with van der Waals surface area (Å²) in [4.78, 5) is 0. The van der Waals surface area contributed by atoms with E-state index in [0.29, 0.717) is 0 Å². The quantitative estimate of drug-likeness (QED) is 0.641. The molecule has 13 heavy (non-hydrogen) atoms. The Kier molecular flexibility index (Phi) is 6.29. The third kappa shape index (κ3) is 5.05. The Labute approximate surface area is 85.1 Å². The molecule has 0 bridgehead atoms. The lowest BCUT2D eigenvalue weighted by Gasteiger charge is -2.28. The number of hydrogen-bond acceptors (Lipinski definition) is 4. The zero-order chi connectivity index (χ0) is 10.5. The van der Waals surface area contributed by atoms with Gasteiger partial charge in [0.25, 0.3) is 0 Å². The summed E-state index contributed by atoms with van der Waals surface area (Å²) in [5, 5.41) is 0. The molecule has 0 rings (SSSR count). The van der Waals surface area contributed by atoms with Gasteiger partial charge in [0.1, 0.15) is 0 Å². The molecule has 0 amide bonds. The molecule has 0 aliphatic carbocycles. The molecule has 0 saturated heterocycles. The van der Waals surface area contributed by atoms with Gasteiger partial charge in [0, 0.05) is 14.2 Å². The molecule has 0 aromatic carbocycles. The summed E-state index contributed by atoms with van der Waals surface area (Å²) in [7, 11) is -1.93. The van der Waals surface area contributed by atoms with E-state index in [4.69, 9.17) is 17.1 Å². The summed E-state index contributed by atoms with van der Waals surface area (Å²) in [6.45, 7) is 8.30. The van der Waals surface area contributed by atoms with Gasteiger partial charge in [0.2, 0.25) is 0 Å². The van der Waals surface area contributed by atoms with Crippen LogP contribution in [0.4, 0.5) is 0 Å². The Morgan fingerprint density at radius 3 is 1.23 bits per heavy atom. The predicted molar refractivity (Wildman–Crippen MR) is 59.7 cm³/mol. The summed E-state index contributed by atoms with van der Waals surface area (Å²) in [6.07, 6.45) is 0. The first-order valence-corrected chi connectivity index (χ1v) is 11.6. The first-order chi connectivity index (χ1) is 5.95. The highest BCUT2D eigenvalue weighted by Gasteiger charge is 2.44. The molecular weight excluding hydrogens is 220 g/mol. The van der Waals surface area contributed by atoms with Crippen molar-refractivity contribution in [3.8, 4) is 0 Å². The molecule has 80 valence electrons. The Hall–Kier alpha value is 0.491. The lowest BCUT2D eigenvalue weighted by molar-refractivity contribution is 0.0826. The van der Waals surface area contributed by atoms with E-state index >= 15 is 0 Å². The van der Waals surface area contributed by atoms with Crippen LogP contribution in [0.5, 0.6) is 0 Å². The molecule has 0 radical (unpaired) electrons. The molecule has 0 aromatic rings. The van der Waals surface area contributed by atoms with Crippen molar-refractivity contribution in [3.05, 3.63) is 0 Å². The van der Waals surface area contributed by atoms with Crippen LogP contribution in [0.15, 0.2) is 0 Å². The van der Waals surface area contributed by atoms with Gasteiger partial charge < -0.3 is 17.1 Å². The summed E-state index contributed by atoms with van der Waals surface area (Å²) in [5.74, 6) is 0. The van der Waals surface area contributed by atoms with E-state index in [2.05, 4.69) is 26.2 Å². The maximum Gasteiger partial charge on any atom is 0.657 e. The van der Waals surface area contributed by atoms with Crippen LogP contribution in [-0.4, -0.2) is 41.3 Å². The molecule has 0 saturated carbocycles. The lowest BCUT2D eigenvalue weighted by Crippen LogP contribution is -2.52. The topological polar surface area (TPSA) is 36.9 Å². The monoisotopic (exact) mass is 240 g/mol. The fourth-order valence-electron chi connectivity index (χ4n) is 0.881. The van der Waals surface area contributed by atoms with Gasteiger partial charge in [-0.25, -0.2) is 0 Å². The van der Waals surface area contributed by atoms with Gasteiger partial charge >= 0.3 is 9.05 Å². The maximum absolute atomic E-state index is 5.69. The van der Waals surface area contributed by atoms with Gasteiger partial charge in [0.05, 0.1) is 0 Å². The van der Waals surface area contributed by atoms with Crippen molar-refractivity contribution in [2.24, 2.45) is 0 Å². The summed E-state index contributed by atoms with van der Waals surface area (Å²) in [5.41, 5.74) is 0. The number of hydrogen-bond donors (Lipinski definition) is 0. The van der Waals surface area contributed by atoms with Crippen LogP contribution in [0.3, 0.4) is 0 Å². The highest BCUT2D eigenvalue weighted by Crippen LogP contribution is 2.12. The van der Waals surface area contributed by atoms with Crippen molar-refractivity contribution in [2.45, 2.75) is 26.2 Å². The molecule has 0 aromatic heterocycles. The Balaban J connectivity index is 4.30. The molecule has 0 spiro atoms. The van der Waals surface area contributed by atoms with Crippen molar-refractivity contribution in [3.63, 3.8) is 0 Å². The van der Waals surface area contributed by atoms with E-state index in [1.54, 1.807) is 14.2 Å². The van der Waals surface area contributed by atoms with Gasteiger partial charge in [-0.1, -0.05) is 0 Å². The zero-order valence-electron chi connectivity index (χ0n) is 9.29. The fraction of sp³-hybridized carbons (Fsp3) is 1.00. The van der Waals surface area contributed by atoms with E-state index < -0.39 is 27.1 Å². The number of rotatable bonds is 6. The van der Waals surface area contributed by atoms with Crippen LogP contribution in [0.1, 0.15) is 0 Å². The van der Waals surface area contributed by atoms with Crippen LogP contribution in [0.2, 0.25) is 26.2 Å². The van der Waals surface area contributed by atoms with Gasteiger partial charge in [-0.3, -0.25) is 0 Å². The second-order valence-corrected chi connectivity index (χ2v) is 11.1. The van der Waals surface area contributed by atoms with Gasteiger partial charge in [0.15, 0.2) is 18.1 Å². The average molecular weight is 240 g/mol. The first kappa shape index (κ1) is 13.5. The van der Waals surface area contributed by atoms with E-state index in [0.717, 1.165) is 0 Å². The molecule has 0 atom stereocenters. The zero-order valence-corrected chi connectivity index (χ0v) is 12.6. The second-order valence-electron chi connectivity index (χ2n) is 3.24. The van der Waals surface area contributed by atoms with Gasteiger partial charge in [-0.15, -0.1) is 0 Å². The largest absolute Gasteiger partial charge is 0.657 e. The van der Waals surface area contributed by atoms with Gasteiger partial charge in [-0.2, -0.15) is 0 Å². The summed E-state index contributed by atoms with van der Waals surface area (Å²) < 4.78 is 21.9. The normalized spacial score (nSPS) is 12.9. The Bertz CT molecular complexity index is 126. The second kappa shape index (κ2) is 6.06. The van der Waals surface area contributed by atoms with Crippen molar-refractivity contribution in [1.29, 1.82) is 0 Å². The first-order valence-electron chi connectivity index (χ1n) is 4.41. The molecule has 0 aliphatic rings. The molecule has 0 N–H and O–H groups in total. The van der Waals surface area contributed by atoms with Crippen LogP contribution in [0, 0.1) is 0 Å². The van der Waals surface area contributed by atoms with Gasteiger partial charge in [-0.05, 0) is 26.2 Å². The van der Waals surface area contributed by atoms with E-state index in [1.165, 1.54) is 0 Å². The third-order valence-electron chi connectivity index (χ3n) is 1.26. The summed E-state index contributed by atoms with van der Waals surface area (Å²) in [6, 6.07) is 0. The minimum Gasteiger partial charge on any atom is -0.398 e. The summed E-state index contributed by atoms with van der Waals surface area (Å²) >= 11 is 0. The maximum atomic E-state index is 5.69. The molecular formula is C6H20O4Si3. The Morgan fingerprint density at radius 2 is 1.08 bits per heavy atom. The average Bonchev–Trinajstić information content (AvgIpc) is 2.01. The molecule has 0 fully saturated rings. The van der Waals surface area contributed by atoms with E-state index in [-0.39, 0.29) is 0 Å². The van der Waals surface area contributed by atoms with Crippen LogP contribution < -0.4 is 0 Å². The Morgan fingerprint density at radius 1 is 0.769 bits per heavy atom. The van der Waals surface area contributed by atoms with E-state index in [9.17, 15) is 0 Å². The standard InChI is InChI=1S/C6H20O4Si3/c1-7-13(8-2,9-11(3)4)10-12(5)6/h11-12H,1-6H3. The molecule has 7 heteroatoms. The molecule has 0 heterocycles. The van der Waals surface area contributed by atoms with Crippen LogP contribution in [0.25, 0.3) is 0 Å².